The Kier molecular flexibility index (Phi) is 12.0. The van der Waals surface area contributed by atoms with Crippen LogP contribution in [0.1, 0.15) is 55.7 Å². The predicted octanol–water partition coefficient (Wildman–Crippen LogP) is 1.62. The number of nitrogens with zero attached hydrogens (tertiary/aromatic N) is 1. The van der Waals surface area contributed by atoms with Crippen molar-refractivity contribution in [1.29, 1.82) is 0 Å². The first-order valence-electron chi connectivity index (χ1n) is 15.8. The maximum atomic E-state index is 13.8. The minimum absolute atomic E-state index is 0.223. The van der Waals surface area contributed by atoms with Gasteiger partial charge in [-0.3, -0.25) is 19.2 Å². The van der Waals surface area contributed by atoms with E-state index < -0.39 is 48.4 Å². The number of carbonyl (C=O) groups excluding carboxylic acids is 4. The lowest BCUT2D eigenvalue weighted by Gasteiger charge is -2.34. The summed E-state index contributed by atoms with van der Waals surface area (Å²) >= 11 is 0. The number of amides is 4. The Labute approximate surface area is 264 Å². The first-order valence-corrected chi connectivity index (χ1v) is 15.8. The van der Waals surface area contributed by atoms with E-state index in [2.05, 4.69) is 16.0 Å². The van der Waals surface area contributed by atoms with Crippen LogP contribution in [-0.4, -0.2) is 83.7 Å². The van der Waals surface area contributed by atoms with E-state index in [1.54, 1.807) is 4.90 Å². The number of ether oxygens (including phenoxy) is 1. The molecule has 2 aliphatic heterocycles. The standard InChI is InChI=1S/C34H46N4O7/c1-23-10-12-27-17-26(23)19-35-31(42)28(13-11-24-7-4-3-5-8-24)36-32(43)29(37-33(44)34(2,21-39)22-40)18-30(41)38-15-6-9-25(20-38)14-16-45-27/h3-5,7-8,10,12,17,25,28-29,39-40H,6,9,11,13-16,18-22H2,1-2H3,(H,35,42)(H,36,43)(H,37,44)/t25?,28-,29-/m0/s1. The second-order valence-electron chi connectivity index (χ2n) is 12.5. The van der Waals surface area contributed by atoms with Crippen LogP contribution in [0.3, 0.4) is 0 Å². The average Bonchev–Trinajstić information content (AvgIpc) is 3.05. The second-order valence-corrected chi connectivity index (χ2v) is 12.5. The molecule has 2 aromatic carbocycles. The van der Waals surface area contributed by atoms with Crippen LogP contribution in [0.2, 0.25) is 0 Å². The average molecular weight is 623 g/mol. The van der Waals surface area contributed by atoms with Gasteiger partial charge in [-0.25, -0.2) is 0 Å². The van der Waals surface area contributed by atoms with Crippen LogP contribution in [0.15, 0.2) is 48.5 Å². The third-order valence-corrected chi connectivity index (χ3v) is 8.88. The van der Waals surface area contributed by atoms with Gasteiger partial charge < -0.3 is 35.8 Å². The molecule has 0 aliphatic carbocycles. The Morgan fingerprint density at radius 1 is 1.07 bits per heavy atom. The molecular formula is C34H46N4O7. The summed E-state index contributed by atoms with van der Waals surface area (Å²) in [6.07, 6.45) is 2.96. The fourth-order valence-corrected chi connectivity index (χ4v) is 5.64. The normalized spacial score (nSPS) is 21.9. The zero-order valence-corrected chi connectivity index (χ0v) is 26.2. The lowest BCUT2D eigenvalue weighted by molar-refractivity contribution is -0.141. The van der Waals surface area contributed by atoms with Crippen molar-refractivity contribution in [3.63, 3.8) is 0 Å². The van der Waals surface area contributed by atoms with Gasteiger partial charge in [0.05, 0.1) is 31.7 Å². The summed E-state index contributed by atoms with van der Waals surface area (Å²) in [5, 5.41) is 27.9. The number of rotatable bonds is 7. The van der Waals surface area contributed by atoms with E-state index in [0.29, 0.717) is 31.9 Å². The molecule has 1 fully saturated rings. The van der Waals surface area contributed by atoms with Gasteiger partial charge >= 0.3 is 0 Å². The van der Waals surface area contributed by atoms with E-state index in [1.165, 1.54) is 6.92 Å². The van der Waals surface area contributed by atoms with Crippen molar-refractivity contribution in [2.24, 2.45) is 11.3 Å². The molecule has 4 bridgehead atoms. The fraction of sp³-hybridized carbons (Fsp3) is 0.529. The molecule has 0 radical (unpaired) electrons. The topological polar surface area (TPSA) is 157 Å². The van der Waals surface area contributed by atoms with Crippen molar-refractivity contribution in [3.8, 4) is 5.75 Å². The Balaban J connectivity index is 1.63. The number of benzene rings is 2. The highest BCUT2D eigenvalue weighted by Crippen LogP contribution is 2.23. The first kappa shape index (κ1) is 33.9. The lowest BCUT2D eigenvalue weighted by Crippen LogP contribution is -2.57. The van der Waals surface area contributed by atoms with E-state index >= 15 is 0 Å². The van der Waals surface area contributed by atoms with Crippen LogP contribution in [0.5, 0.6) is 5.75 Å². The molecule has 0 spiro atoms. The Morgan fingerprint density at radius 2 is 1.82 bits per heavy atom. The highest BCUT2D eigenvalue weighted by atomic mass is 16.5. The zero-order chi connectivity index (χ0) is 32.4. The number of aryl methyl sites for hydroxylation is 2. The Morgan fingerprint density at radius 3 is 2.56 bits per heavy atom. The van der Waals surface area contributed by atoms with Crippen molar-refractivity contribution in [3.05, 3.63) is 65.2 Å². The van der Waals surface area contributed by atoms with Crippen LogP contribution in [-0.2, 0) is 32.1 Å². The van der Waals surface area contributed by atoms with Crippen LogP contribution in [0.25, 0.3) is 0 Å². The van der Waals surface area contributed by atoms with Crippen molar-refractivity contribution >= 4 is 23.6 Å². The molecule has 45 heavy (non-hydrogen) atoms. The summed E-state index contributed by atoms with van der Waals surface area (Å²) in [5.74, 6) is -1.23. The highest BCUT2D eigenvalue weighted by Gasteiger charge is 2.37. The summed E-state index contributed by atoms with van der Waals surface area (Å²) in [7, 11) is 0. The van der Waals surface area contributed by atoms with Gasteiger partial charge in [0.25, 0.3) is 0 Å². The minimum atomic E-state index is -1.57. The third-order valence-electron chi connectivity index (χ3n) is 8.88. The molecule has 0 aromatic heterocycles. The maximum absolute atomic E-state index is 13.8. The van der Waals surface area contributed by atoms with Gasteiger partial charge in [-0.1, -0.05) is 36.4 Å². The summed E-state index contributed by atoms with van der Waals surface area (Å²) in [6.45, 7) is 3.76. The van der Waals surface area contributed by atoms with Gasteiger partial charge in [0.15, 0.2) is 0 Å². The monoisotopic (exact) mass is 622 g/mol. The number of carbonyl (C=O) groups is 4. The molecule has 11 heteroatoms. The lowest BCUT2D eigenvalue weighted by atomic mass is 9.91. The molecule has 3 atom stereocenters. The second kappa shape index (κ2) is 15.9. The van der Waals surface area contributed by atoms with E-state index in [0.717, 1.165) is 36.0 Å². The van der Waals surface area contributed by atoms with Gasteiger partial charge in [0.2, 0.25) is 23.6 Å². The first-order chi connectivity index (χ1) is 21.6. The molecule has 4 amide bonds. The molecule has 2 aliphatic rings. The van der Waals surface area contributed by atoms with Gasteiger partial charge in [-0.05, 0) is 80.7 Å². The van der Waals surface area contributed by atoms with Gasteiger partial charge in [-0.2, -0.15) is 0 Å². The number of piperidine rings is 1. The van der Waals surface area contributed by atoms with E-state index in [9.17, 15) is 29.4 Å². The molecule has 1 saturated heterocycles. The number of hydrogen-bond donors (Lipinski definition) is 5. The van der Waals surface area contributed by atoms with Crippen molar-refractivity contribution in [2.75, 3.05) is 32.9 Å². The third kappa shape index (κ3) is 9.27. The van der Waals surface area contributed by atoms with Gasteiger partial charge in [0.1, 0.15) is 17.8 Å². The van der Waals surface area contributed by atoms with Crippen molar-refractivity contribution in [1.82, 2.24) is 20.9 Å². The molecule has 2 aromatic rings. The maximum Gasteiger partial charge on any atom is 0.243 e. The van der Waals surface area contributed by atoms with E-state index in [4.69, 9.17) is 4.74 Å². The van der Waals surface area contributed by atoms with Gasteiger partial charge in [-0.15, -0.1) is 0 Å². The van der Waals surface area contributed by atoms with Gasteiger partial charge in [0, 0.05) is 19.6 Å². The van der Waals surface area contributed by atoms with Crippen LogP contribution in [0.4, 0.5) is 0 Å². The predicted molar refractivity (Wildman–Crippen MR) is 168 cm³/mol. The molecular weight excluding hydrogens is 576 g/mol. The van der Waals surface area contributed by atoms with Crippen LogP contribution in [0, 0.1) is 18.3 Å². The van der Waals surface area contributed by atoms with Crippen LogP contribution >= 0.6 is 0 Å². The largest absolute Gasteiger partial charge is 0.494 e. The minimum Gasteiger partial charge on any atom is -0.494 e. The summed E-state index contributed by atoms with van der Waals surface area (Å²) in [6, 6.07) is 13.1. The zero-order valence-electron chi connectivity index (χ0n) is 26.2. The molecule has 244 valence electrons. The molecule has 4 rings (SSSR count). The summed E-state index contributed by atoms with van der Waals surface area (Å²) < 4.78 is 6.07. The van der Waals surface area contributed by atoms with Crippen LogP contribution < -0.4 is 20.7 Å². The SMILES string of the molecule is Cc1ccc2cc1CNC(=O)[C@H](CCc1ccccc1)NC(=O)[C@@H](NC(=O)C(C)(CO)CO)CC(=O)N1CCCC(CCO2)C1. The van der Waals surface area contributed by atoms with Crippen molar-refractivity contribution in [2.45, 2.75) is 71.0 Å². The Hall–Kier alpha value is -3.96. The molecule has 2 heterocycles. The van der Waals surface area contributed by atoms with E-state index in [-0.39, 0.29) is 31.2 Å². The molecule has 11 nitrogen and oxygen atoms in total. The fourth-order valence-electron chi connectivity index (χ4n) is 5.64. The van der Waals surface area contributed by atoms with E-state index in [1.807, 2.05) is 55.5 Å². The Bertz CT molecular complexity index is 1330. The molecule has 1 unspecified atom stereocenters. The summed E-state index contributed by atoms with van der Waals surface area (Å²) in [5.41, 5.74) is 1.30. The summed E-state index contributed by atoms with van der Waals surface area (Å²) in [4.78, 5) is 55.8. The number of nitrogens with one attached hydrogen (secondary N) is 3. The number of aliphatic hydroxyl groups is 2. The molecule has 0 saturated carbocycles. The van der Waals surface area contributed by atoms with Crippen molar-refractivity contribution < 1.29 is 34.1 Å². The number of aliphatic hydroxyl groups excluding tert-OH is 2. The molecule has 5 N–H and O–H groups in total. The quantitative estimate of drug-likeness (QED) is 0.314. The number of hydrogen-bond acceptors (Lipinski definition) is 7. The smallest absolute Gasteiger partial charge is 0.243 e. The highest BCUT2D eigenvalue weighted by molar-refractivity contribution is 5.96. The number of fused-ring (bicyclic) bond motifs is 4.